The van der Waals surface area contributed by atoms with Crippen LogP contribution < -0.4 is 0 Å². The van der Waals surface area contributed by atoms with Crippen molar-refractivity contribution in [2.45, 2.75) is 6.92 Å². The average Bonchev–Trinajstić information content (AvgIpc) is 1.81. The van der Waals surface area contributed by atoms with Gasteiger partial charge in [-0.25, -0.2) is 9.48 Å². The van der Waals surface area contributed by atoms with E-state index in [1.54, 1.807) is 9.48 Å². The SMILES string of the molecule is CC(=O)OC(N(C)C)=[N+](C)C. The van der Waals surface area contributed by atoms with E-state index in [0.29, 0.717) is 6.02 Å². The van der Waals surface area contributed by atoms with Gasteiger partial charge in [-0.2, -0.15) is 0 Å². The third kappa shape index (κ3) is 3.60. The van der Waals surface area contributed by atoms with Crippen LogP contribution >= 0.6 is 0 Å². The van der Waals surface area contributed by atoms with E-state index >= 15 is 0 Å². The summed E-state index contributed by atoms with van der Waals surface area (Å²) in [6.07, 6.45) is 0. The first-order valence-corrected chi connectivity index (χ1v) is 3.35. The van der Waals surface area contributed by atoms with Crippen LogP contribution in [0.2, 0.25) is 0 Å². The molecule has 0 saturated heterocycles. The maximum absolute atomic E-state index is 10.6. The number of amidine groups is 1. The highest BCUT2D eigenvalue weighted by molar-refractivity contribution is 5.83. The molecule has 0 spiro atoms. The molecule has 0 aliphatic carbocycles. The molecule has 0 fully saturated rings. The second kappa shape index (κ2) is 3.95. The molecule has 0 heterocycles. The average molecular weight is 159 g/mol. The largest absolute Gasteiger partial charge is 0.453 e. The molecule has 0 bridgehead atoms. The highest BCUT2D eigenvalue weighted by atomic mass is 16.6. The van der Waals surface area contributed by atoms with Gasteiger partial charge in [-0.05, 0) is 0 Å². The Bertz CT molecular complexity index is 181. The summed E-state index contributed by atoms with van der Waals surface area (Å²) in [6, 6.07) is 0.539. The third-order valence-corrected chi connectivity index (χ3v) is 1.00. The van der Waals surface area contributed by atoms with Gasteiger partial charge < -0.3 is 4.74 Å². The van der Waals surface area contributed by atoms with Crippen molar-refractivity contribution < 1.29 is 14.1 Å². The number of ether oxygens (including phenoxy) is 1. The van der Waals surface area contributed by atoms with Gasteiger partial charge in [0.1, 0.15) is 0 Å². The lowest BCUT2D eigenvalue weighted by Crippen LogP contribution is -2.33. The zero-order chi connectivity index (χ0) is 9.02. The molecule has 0 aromatic heterocycles. The maximum atomic E-state index is 10.6. The van der Waals surface area contributed by atoms with Crippen molar-refractivity contribution in [1.82, 2.24) is 4.90 Å². The van der Waals surface area contributed by atoms with Crippen molar-refractivity contribution in [2.75, 3.05) is 28.2 Å². The van der Waals surface area contributed by atoms with E-state index in [1.165, 1.54) is 6.92 Å². The summed E-state index contributed by atoms with van der Waals surface area (Å²) in [6.45, 7) is 1.38. The van der Waals surface area contributed by atoms with Crippen LogP contribution in [-0.2, 0) is 9.53 Å². The summed E-state index contributed by atoms with van der Waals surface area (Å²) in [5.74, 6) is -0.303. The molecule has 4 nitrogen and oxygen atoms in total. The molecule has 0 unspecified atom stereocenters. The number of nitrogens with zero attached hydrogens (tertiary/aromatic N) is 2. The van der Waals surface area contributed by atoms with E-state index in [9.17, 15) is 4.79 Å². The number of esters is 1. The molecule has 0 aromatic rings. The van der Waals surface area contributed by atoms with Gasteiger partial charge in [0, 0.05) is 6.92 Å². The molecule has 0 amide bonds. The Balaban J connectivity index is 4.38. The van der Waals surface area contributed by atoms with Gasteiger partial charge in [0.05, 0.1) is 28.2 Å². The minimum atomic E-state index is -0.303. The standard InChI is InChI=1S/C7H15N2O2/c1-6(10)11-7(8(2)3)9(4)5/h1-5H3/q+1. The lowest BCUT2D eigenvalue weighted by atomic mass is 10.7. The molecule has 0 aliphatic rings. The lowest BCUT2D eigenvalue weighted by molar-refractivity contribution is -0.479. The van der Waals surface area contributed by atoms with Crippen LogP contribution in [0.3, 0.4) is 0 Å². The normalized spacial score (nSPS) is 8.82. The topological polar surface area (TPSA) is 32.5 Å². The minimum Gasteiger partial charge on any atom is -0.358 e. The van der Waals surface area contributed by atoms with Crippen molar-refractivity contribution in [3.8, 4) is 0 Å². The maximum Gasteiger partial charge on any atom is 0.453 e. The Morgan fingerprint density at radius 1 is 1.36 bits per heavy atom. The van der Waals surface area contributed by atoms with E-state index in [0.717, 1.165) is 0 Å². The van der Waals surface area contributed by atoms with Crippen LogP contribution in [0.1, 0.15) is 6.92 Å². The van der Waals surface area contributed by atoms with Crippen molar-refractivity contribution in [1.29, 1.82) is 0 Å². The van der Waals surface area contributed by atoms with E-state index in [4.69, 9.17) is 4.74 Å². The van der Waals surface area contributed by atoms with E-state index in [-0.39, 0.29) is 5.97 Å². The summed E-state index contributed by atoms with van der Waals surface area (Å²) >= 11 is 0. The van der Waals surface area contributed by atoms with Crippen LogP contribution in [0.15, 0.2) is 0 Å². The molecule has 0 N–H and O–H groups in total. The summed E-state index contributed by atoms with van der Waals surface area (Å²) in [7, 11) is 7.27. The molecule has 0 aliphatic heterocycles. The monoisotopic (exact) mass is 159 g/mol. The van der Waals surface area contributed by atoms with Gasteiger partial charge in [0.25, 0.3) is 0 Å². The summed E-state index contributed by atoms with van der Waals surface area (Å²) in [5.41, 5.74) is 0. The molecule has 0 saturated carbocycles. The molecule has 4 heteroatoms. The van der Waals surface area contributed by atoms with E-state index in [1.807, 2.05) is 28.2 Å². The number of hydrogen-bond donors (Lipinski definition) is 0. The molecule has 0 aromatic carbocycles. The molecule has 11 heavy (non-hydrogen) atoms. The van der Waals surface area contributed by atoms with Gasteiger partial charge in [-0.1, -0.05) is 0 Å². The van der Waals surface area contributed by atoms with Crippen LogP contribution in [0.5, 0.6) is 0 Å². The lowest BCUT2D eigenvalue weighted by Gasteiger charge is -2.08. The van der Waals surface area contributed by atoms with Crippen LogP contribution in [-0.4, -0.2) is 49.7 Å². The van der Waals surface area contributed by atoms with Crippen molar-refractivity contribution in [3.63, 3.8) is 0 Å². The number of rotatable bonds is 0. The Kier molecular flexibility index (Phi) is 3.57. The van der Waals surface area contributed by atoms with Crippen LogP contribution in [0, 0.1) is 0 Å². The van der Waals surface area contributed by atoms with Gasteiger partial charge in [-0.3, -0.25) is 4.79 Å². The van der Waals surface area contributed by atoms with Crippen molar-refractivity contribution in [3.05, 3.63) is 0 Å². The fourth-order valence-electron chi connectivity index (χ4n) is 0.711. The summed E-state index contributed by atoms with van der Waals surface area (Å²) in [5, 5.41) is 0. The second-order valence-electron chi connectivity index (χ2n) is 2.67. The first-order chi connectivity index (χ1) is 4.95. The van der Waals surface area contributed by atoms with Gasteiger partial charge in [-0.15, -0.1) is 0 Å². The van der Waals surface area contributed by atoms with Gasteiger partial charge in [0.15, 0.2) is 0 Å². The van der Waals surface area contributed by atoms with Gasteiger partial charge in [0.2, 0.25) is 0 Å². The first kappa shape index (κ1) is 9.94. The first-order valence-electron chi connectivity index (χ1n) is 3.35. The van der Waals surface area contributed by atoms with E-state index < -0.39 is 0 Å². The fraction of sp³-hybridized carbons (Fsp3) is 0.714. The minimum absolute atomic E-state index is 0.303. The van der Waals surface area contributed by atoms with Crippen molar-refractivity contribution >= 4 is 12.0 Å². The quantitative estimate of drug-likeness (QED) is 0.211. The molecular formula is C7H15N2O2+. The molecule has 64 valence electrons. The molecular weight excluding hydrogens is 144 g/mol. The zero-order valence-corrected chi connectivity index (χ0v) is 7.71. The Hall–Kier alpha value is -1.06. The predicted octanol–water partition coefficient (Wildman–Crippen LogP) is -0.261. The highest BCUT2D eigenvalue weighted by Gasteiger charge is 2.14. The van der Waals surface area contributed by atoms with Crippen LogP contribution in [0.4, 0.5) is 0 Å². The molecule has 0 radical (unpaired) electrons. The van der Waals surface area contributed by atoms with E-state index in [2.05, 4.69) is 0 Å². The number of hydrogen-bond acceptors (Lipinski definition) is 2. The van der Waals surface area contributed by atoms with Crippen LogP contribution in [0.25, 0.3) is 0 Å². The fourth-order valence-corrected chi connectivity index (χ4v) is 0.711. The summed E-state index contributed by atoms with van der Waals surface area (Å²) in [4.78, 5) is 12.3. The number of carbonyl (C=O) groups excluding carboxylic acids is 1. The zero-order valence-electron chi connectivity index (χ0n) is 7.71. The second-order valence-corrected chi connectivity index (χ2v) is 2.67. The Morgan fingerprint density at radius 2 is 1.82 bits per heavy atom. The summed E-state index contributed by atoms with van der Waals surface area (Å²) < 4.78 is 6.64. The highest BCUT2D eigenvalue weighted by Crippen LogP contribution is 1.85. The smallest absolute Gasteiger partial charge is 0.358 e. The van der Waals surface area contributed by atoms with Crippen molar-refractivity contribution in [2.24, 2.45) is 0 Å². The Morgan fingerprint density at radius 3 is 1.91 bits per heavy atom. The molecule has 0 atom stereocenters. The Labute approximate surface area is 67.1 Å². The van der Waals surface area contributed by atoms with Gasteiger partial charge >= 0.3 is 12.0 Å². The third-order valence-electron chi connectivity index (χ3n) is 1.00. The molecule has 0 rings (SSSR count). The number of carbonyl (C=O) groups is 1. The predicted molar refractivity (Wildman–Crippen MR) is 42.6 cm³/mol.